The van der Waals surface area contributed by atoms with Crippen LogP contribution in [0.3, 0.4) is 0 Å². The monoisotopic (exact) mass is 1340 g/mol. The molecule has 34 heteroatoms. The molecule has 2 unspecified atom stereocenters. The quantitative estimate of drug-likeness (QED) is 0.0548. The summed E-state index contributed by atoms with van der Waals surface area (Å²) in [4.78, 5) is 25.7. The van der Waals surface area contributed by atoms with Crippen molar-refractivity contribution < 1.29 is 71.8 Å². The summed E-state index contributed by atoms with van der Waals surface area (Å²) < 4.78 is 169. The first-order valence-corrected chi connectivity index (χ1v) is 28.0. The van der Waals surface area contributed by atoms with Crippen molar-refractivity contribution in [2.75, 3.05) is 51.0 Å². The average Bonchev–Trinajstić information content (AvgIpc) is 0.843. The summed E-state index contributed by atoms with van der Waals surface area (Å²) in [6.45, 7) is 0.103. The summed E-state index contributed by atoms with van der Waals surface area (Å²) in [6.07, 6.45) is 3.22. The third kappa shape index (κ3) is 15.1. The normalized spacial score (nSPS) is 12.8. The van der Waals surface area contributed by atoms with Crippen molar-refractivity contribution in [1.29, 1.82) is 0 Å². The lowest BCUT2D eigenvalue weighted by Gasteiger charge is -2.30. The molecule has 0 saturated carbocycles. The molecule has 0 aliphatic carbocycles. The lowest BCUT2D eigenvalue weighted by atomic mass is 10.0. The van der Waals surface area contributed by atoms with E-state index in [1.807, 2.05) is 0 Å². The second-order valence-corrected chi connectivity index (χ2v) is 21.8. The standard InChI is InChI=1S/C26H22F3N5O5S.C19H17BrFN5O4S.C7H6BF2O3.2H3P/c1-38-22-12-17(16-10-19(28)26(29)23(11-16)39-2)18(27)13-21(22)34-20-7-9-33(14-15(20)5-6-25(34)35)40(36,37)32-24-4-3-8-30-31-24;1-30-17-9-13(20)14(21)10-16(17)26-15-6-8-25(11-12(15)4-5-19(26)27)31(28,29)24-18-3-2-7-22-23-18;1-12-6-3-4(13-8-11)2-5(9)7(6)10;;/h3-6,8,10-13H,7,9,14H2,1-2H3,(H,31,32);2-5,7,9-10H,6,8,11H2,1H3,(H,23,24);2-3,11H,1H3;2*1H3. The predicted octanol–water partition coefficient (Wildman–Crippen LogP) is 6.69. The molecule has 8 aromatic rings. The van der Waals surface area contributed by atoms with Crippen molar-refractivity contribution >= 4 is 75.5 Å². The van der Waals surface area contributed by atoms with E-state index >= 15 is 4.39 Å². The number of nitrogens with one attached hydrogen (secondary N) is 2. The summed E-state index contributed by atoms with van der Waals surface area (Å²) in [5, 5.41) is 23.0. The van der Waals surface area contributed by atoms with Gasteiger partial charge in [0.25, 0.3) is 11.1 Å². The zero-order valence-electron chi connectivity index (χ0n) is 45.6. The zero-order chi connectivity index (χ0) is 60.6. The van der Waals surface area contributed by atoms with Crippen LogP contribution in [0.2, 0.25) is 0 Å². The van der Waals surface area contributed by atoms with Crippen molar-refractivity contribution in [2.24, 2.45) is 0 Å². The Morgan fingerprint density at radius 1 is 0.570 bits per heavy atom. The maximum Gasteiger partial charge on any atom is 0.569 e. The van der Waals surface area contributed by atoms with Crippen molar-refractivity contribution in [3.05, 3.63) is 192 Å². The predicted molar refractivity (Wildman–Crippen MR) is 318 cm³/mol. The molecule has 6 heterocycles. The molecule has 10 rings (SSSR count). The maximum atomic E-state index is 15.5. The molecule has 0 fully saturated rings. The minimum atomic E-state index is -3.99. The van der Waals surface area contributed by atoms with Crippen LogP contribution in [0.15, 0.2) is 124 Å². The largest absolute Gasteiger partial charge is 0.569 e. The summed E-state index contributed by atoms with van der Waals surface area (Å²) in [6, 6.07) is 20.6. The molecular weight excluding hydrogens is 1290 g/mol. The van der Waals surface area contributed by atoms with E-state index < -0.39 is 66.6 Å². The number of hydrogen-bond acceptors (Lipinski definition) is 16. The van der Waals surface area contributed by atoms with Gasteiger partial charge in [-0.25, -0.2) is 17.6 Å². The van der Waals surface area contributed by atoms with Gasteiger partial charge in [-0.2, -0.15) is 64.2 Å². The molecule has 0 saturated heterocycles. The van der Waals surface area contributed by atoms with Crippen LogP contribution in [-0.4, -0.2) is 109 Å². The highest BCUT2D eigenvalue weighted by Crippen LogP contribution is 2.37. The van der Waals surface area contributed by atoms with Crippen LogP contribution in [-0.2, 0) is 46.3 Å². The smallest absolute Gasteiger partial charge is 0.537 e. The van der Waals surface area contributed by atoms with Crippen molar-refractivity contribution in [2.45, 2.75) is 25.9 Å². The summed E-state index contributed by atoms with van der Waals surface area (Å²) >= 11 is 3.11. The highest BCUT2D eigenvalue weighted by molar-refractivity contribution is 9.10. The van der Waals surface area contributed by atoms with Crippen LogP contribution in [0.1, 0.15) is 22.5 Å². The third-order valence-corrected chi connectivity index (χ3v) is 16.2. The number of pyridine rings is 2. The molecule has 3 N–H and O–H groups in total. The third-order valence-electron chi connectivity index (χ3n) is 12.6. The molecule has 2 aliphatic heterocycles. The van der Waals surface area contributed by atoms with Crippen LogP contribution < -0.4 is 44.2 Å². The number of rotatable bonds is 15. The molecule has 2 aliphatic rings. The Labute approximate surface area is 503 Å². The number of aromatic nitrogens is 6. The average molecular weight is 1340 g/mol. The fraction of sp³-hybridized carbons (Fsp3) is 0.192. The topological polar surface area (TPSA) is 261 Å². The Kier molecular flexibility index (Phi) is 22.8. The van der Waals surface area contributed by atoms with Gasteiger partial charge in [-0.15, -0.1) is 10.2 Å². The minimum absolute atomic E-state index is 0. The number of halogens is 7. The number of ether oxygens (including phenoxy) is 4. The first-order chi connectivity index (χ1) is 40.1. The SMILES string of the molecule is COc1cc(-c2cc(F)c(F)c(OC)c2)c(F)cc1-n1c2c(ccc1=O)CN(S(=O)(=O)Nc1cccnn1)CC2.COc1cc(Br)c(F)cc1-n1c2c(ccc1=O)CN(S(=O)(=O)Nc1cccnn1)CC2.COc1cc(O[B]O)cc(F)c1F.P.P. The summed E-state index contributed by atoms with van der Waals surface area (Å²) in [7, 11) is -2.41. The Hall–Kier alpha value is -7.70. The van der Waals surface area contributed by atoms with E-state index in [0.717, 1.165) is 37.4 Å². The lowest BCUT2D eigenvalue weighted by molar-refractivity contribution is 0.366. The van der Waals surface area contributed by atoms with Crippen molar-refractivity contribution in [3.63, 3.8) is 0 Å². The van der Waals surface area contributed by atoms with E-state index in [1.165, 1.54) is 106 Å². The Morgan fingerprint density at radius 2 is 1.02 bits per heavy atom. The first kappa shape index (κ1) is 67.4. The molecular formula is C52H51BBrF6N10O12P2S2. The van der Waals surface area contributed by atoms with E-state index in [2.05, 4.69) is 55.2 Å². The van der Waals surface area contributed by atoms with Gasteiger partial charge in [0.1, 0.15) is 28.9 Å². The lowest BCUT2D eigenvalue weighted by Crippen LogP contribution is -2.41. The second kappa shape index (κ2) is 29.1. The van der Waals surface area contributed by atoms with E-state index in [4.69, 9.17) is 19.2 Å². The van der Waals surface area contributed by atoms with Crippen LogP contribution in [0.4, 0.5) is 38.0 Å². The minimum Gasteiger partial charge on any atom is -0.537 e. The molecule has 4 aromatic carbocycles. The Bertz CT molecular complexity index is 4130. The zero-order valence-corrected chi connectivity index (χ0v) is 51.7. The summed E-state index contributed by atoms with van der Waals surface area (Å²) in [5.41, 5.74) is 1.55. The van der Waals surface area contributed by atoms with Gasteiger partial charge in [-0.05, 0) is 81.2 Å². The molecule has 86 heavy (non-hydrogen) atoms. The Morgan fingerprint density at radius 3 is 1.48 bits per heavy atom. The molecule has 4 aromatic heterocycles. The Balaban J connectivity index is 0.000000228. The molecule has 455 valence electrons. The van der Waals surface area contributed by atoms with Gasteiger partial charge in [-0.1, -0.05) is 12.1 Å². The van der Waals surface area contributed by atoms with Crippen LogP contribution in [0.5, 0.6) is 28.7 Å². The first-order valence-electron chi connectivity index (χ1n) is 24.3. The highest BCUT2D eigenvalue weighted by atomic mass is 79.9. The van der Waals surface area contributed by atoms with Gasteiger partial charge in [-0.3, -0.25) is 28.2 Å². The van der Waals surface area contributed by atoms with E-state index in [0.29, 0.717) is 35.9 Å². The molecule has 2 atom stereocenters. The van der Waals surface area contributed by atoms with Gasteiger partial charge in [0.2, 0.25) is 11.6 Å². The van der Waals surface area contributed by atoms with Crippen LogP contribution in [0, 0.1) is 34.9 Å². The fourth-order valence-corrected chi connectivity index (χ4v) is 11.4. The van der Waals surface area contributed by atoms with Gasteiger partial charge in [0.15, 0.2) is 34.8 Å². The van der Waals surface area contributed by atoms with Gasteiger partial charge in [0, 0.05) is 105 Å². The van der Waals surface area contributed by atoms with Crippen molar-refractivity contribution in [3.8, 4) is 51.2 Å². The number of methoxy groups -OCH3 is 4. The van der Waals surface area contributed by atoms with Crippen LogP contribution >= 0.6 is 35.7 Å². The van der Waals surface area contributed by atoms with E-state index in [-0.39, 0.29) is 120 Å². The molecule has 22 nitrogen and oxygen atoms in total. The van der Waals surface area contributed by atoms with Crippen LogP contribution in [0.25, 0.3) is 22.5 Å². The number of hydrogen-bond donors (Lipinski definition) is 3. The number of fused-ring (bicyclic) bond motifs is 2. The van der Waals surface area contributed by atoms with Gasteiger partial charge >= 0.3 is 28.1 Å². The fourth-order valence-electron chi connectivity index (χ4n) is 8.76. The van der Waals surface area contributed by atoms with Crippen molar-refractivity contribution in [1.82, 2.24) is 38.1 Å². The number of benzene rings is 4. The number of anilines is 2. The molecule has 0 amide bonds. The van der Waals surface area contributed by atoms with E-state index in [9.17, 15) is 48.4 Å². The van der Waals surface area contributed by atoms with Gasteiger partial charge < -0.3 is 28.6 Å². The maximum absolute atomic E-state index is 15.5. The highest BCUT2D eigenvalue weighted by Gasteiger charge is 2.32. The number of nitrogens with zero attached hydrogens (tertiary/aromatic N) is 8. The molecule has 0 bridgehead atoms. The van der Waals surface area contributed by atoms with Gasteiger partial charge in [0.05, 0.1) is 44.3 Å². The summed E-state index contributed by atoms with van der Waals surface area (Å²) in [5.74, 6) is -6.18. The van der Waals surface area contributed by atoms with E-state index in [1.54, 1.807) is 12.1 Å². The second-order valence-electron chi connectivity index (χ2n) is 17.6. The molecule has 1 radical (unpaired) electrons. The molecule has 0 spiro atoms.